The van der Waals surface area contributed by atoms with E-state index in [4.69, 9.17) is 16.3 Å². The van der Waals surface area contributed by atoms with Crippen LogP contribution in [0.1, 0.15) is 24.5 Å². The Labute approximate surface area is 150 Å². The van der Waals surface area contributed by atoms with Crippen molar-refractivity contribution < 1.29 is 42.2 Å². The number of nitrogens with zero attached hydrogens (tertiary/aromatic N) is 1. The average molecular weight is 368 g/mol. The SMILES string of the molecule is CCN1C(=O)C(Cl)C[C-]=C1c1ccc(OC)cc1C.[Y]. The number of methoxy groups -OCH3 is 1. The molecule has 3 nitrogen and oxygen atoms in total. The van der Waals surface area contributed by atoms with Gasteiger partial charge in [0.1, 0.15) is 11.1 Å². The third-order valence-corrected chi connectivity index (χ3v) is 3.60. The van der Waals surface area contributed by atoms with Gasteiger partial charge >= 0.3 is 0 Å². The van der Waals surface area contributed by atoms with E-state index in [0.717, 1.165) is 22.6 Å². The van der Waals surface area contributed by atoms with E-state index in [-0.39, 0.29) is 38.6 Å². The molecule has 1 aromatic carbocycles. The van der Waals surface area contributed by atoms with E-state index in [1.165, 1.54) is 0 Å². The van der Waals surface area contributed by atoms with Crippen molar-refractivity contribution >= 4 is 23.2 Å². The van der Waals surface area contributed by atoms with Gasteiger partial charge in [0.05, 0.1) is 7.11 Å². The zero-order valence-electron chi connectivity index (χ0n) is 11.9. The fraction of sp³-hybridized carbons (Fsp3) is 0.400. The van der Waals surface area contributed by atoms with E-state index in [0.29, 0.717) is 13.0 Å². The molecule has 20 heavy (non-hydrogen) atoms. The van der Waals surface area contributed by atoms with Crippen molar-refractivity contribution in [3.8, 4) is 5.75 Å². The third-order valence-electron chi connectivity index (χ3n) is 3.26. The summed E-state index contributed by atoms with van der Waals surface area (Å²) in [4.78, 5) is 13.8. The molecular formula is C15H17ClNO2Y-. The standard InChI is InChI=1S/C15H17ClNO2.Y/c1-4-17-14(8-7-13(16)15(17)18)12-6-5-11(19-3)9-10(12)2;/h5-6,9,13H,4,7H2,1-3H3;/q-1;. The van der Waals surface area contributed by atoms with E-state index >= 15 is 0 Å². The van der Waals surface area contributed by atoms with Crippen molar-refractivity contribution in [3.63, 3.8) is 0 Å². The number of allylic oxidation sites excluding steroid dienone is 1. The number of hydrogen-bond acceptors (Lipinski definition) is 2. The summed E-state index contributed by atoms with van der Waals surface area (Å²) in [5.41, 5.74) is 2.88. The Balaban J connectivity index is 0.00000200. The first-order valence-corrected chi connectivity index (χ1v) is 6.73. The Morgan fingerprint density at radius 3 is 2.75 bits per heavy atom. The molecule has 1 aromatic rings. The van der Waals surface area contributed by atoms with Crippen LogP contribution in [0.2, 0.25) is 0 Å². The van der Waals surface area contributed by atoms with E-state index in [9.17, 15) is 4.79 Å². The predicted molar refractivity (Wildman–Crippen MR) is 76.0 cm³/mol. The average Bonchev–Trinajstić information content (AvgIpc) is 2.42. The van der Waals surface area contributed by atoms with Crippen molar-refractivity contribution in [2.24, 2.45) is 0 Å². The number of ether oxygens (including phenoxy) is 1. The maximum absolute atomic E-state index is 12.1. The van der Waals surface area contributed by atoms with Crippen LogP contribution in [-0.2, 0) is 37.5 Å². The van der Waals surface area contributed by atoms with Crippen LogP contribution in [0.4, 0.5) is 0 Å². The van der Waals surface area contributed by atoms with Crippen LogP contribution < -0.4 is 4.74 Å². The van der Waals surface area contributed by atoms with Gasteiger partial charge in [0.2, 0.25) is 5.91 Å². The minimum Gasteiger partial charge on any atom is -0.497 e. The van der Waals surface area contributed by atoms with Crippen molar-refractivity contribution in [1.82, 2.24) is 4.90 Å². The summed E-state index contributed by atoms with van der Waals surface area (Å²) in [7, 11) is 1.64. The zero-order chi connectivity index (χ0) is 14.0. The summed E-state index contributed by atoms with van der Waals surface area (Å²) in [5, 5.41) is -0.498. The van der Waals surface area contributed by atoms with Gasteiger partial charge in [-0.15, -0.1) is 34.5 Å². The fourth-order valence-corrected chi connectivity index (χ4v) is 2.43. The summed E-state index contributed by atoms with van der Waals surface area (Å²) in [6.45, 7) is 4.53. The minimum atomic E-state index is -0.498. The van der Waals surface area contributed by atoms with Crippen molar-refractivity contribution in [1.29, 1.82) is 0 Å². The van der Waals surface area contributed by atoms with Crippen molar-refractivity contribution in [2.75, 3.05) is 13.7 Å². The summed E-state index contributed by atoms with van der Waals surface area (Å²) in [6, 6.07) is 5.80. The predicted octanol–water partition coefficient (Wildman–Crippen LogP) is 3.00. The van der Waals surface area contributed by atoms with Gasteiger partial charge in [-0.1, -0.05) is 13.3 Å². The van der Waals surface area contributed by atoms with Crippen LogP contribution in [0.25, 0.3) is 5.70 Å². The van der Waals surface area contributed by atoms with Crippen molar-refractivity contribution in [2.45, 2.75) is 25.6 Å². The van der Waals surface area contributed by atoms with Gasteiger partial charge in [-0.05, 0) is 19.1 Å². The molecular weight excluding hydrogens is 351 g/mol. The van der Waals surface area contributed by atoms with Gasteiger partial charge in [-0.2, -0.15) is 0 Å². The first kappa shape index (κ1) is 17.7. The summed E-state index contributed by atoms with van der Waals surface area (Å²) in [6.07, 6.45) is 3.70. The largest absolute Gasteiger partial charge is 0.497 e. The van der Waals surface area contributed by atoms with Gasteiger partial charge in [-0.3, -0.25) is 4.79 Å². The zero-order valence-corrected chi connectivity index (χ0v) is 15.5. The minimum absolute atomic E-state index is 0. The Kier molecular flexibility index (Phi) is 6.70. The number of alkyl halides is 1. The number of hydrogen-bond donors (Lipinski definition) is 0. The van der Waals surface area contributed by atoms with E-state index in [1.54, 1.807) is 12.0 Å². The molecule has 1 unspecified atom stereocenters. The van der Waals surface area contributed by atoms with E-state index in [1.807, 2.05) is 32.0 Å². The fourth-order valence-electron chi connectivity index (χ4n) is 2.23. The molecule has 0 bridgehead atoms. The molecule has 1 radical (unpaired) electrons. The number of amides is 1. The molecule has 0 N–H and O–H groups in total. The molecule has 1 aliphatic heterocycles. The number of carbonyl (C=O) groups is 1. The number of aryl methyl sites for hydroxylation is 1. The van der Waals surface area contributed by atoms with Crippen LogP contribution in [-0.4, -0.2) is 29.8 Å². The summed E-state index contributed by atoms with van der Waals surface area (Å²) >= 11 is 5.99. The van der Waals surface area contributed by atoms with Gasteiger partial charge in [0.15, 0.2) is 0 Å². The van der Waals surface area contributed by atoms with Gasteiger partial charge < -0.3 is 9.64 Å². The second-order valence-corrected chi connectivity index (χ2v) is 4.99. The molecule has 1 aliphatic rings. The van der Waals surface area contributed by atoms with Gasteiger partial charge in [-0.25, -0.2) is 6.08 Å². The number of halogens is 1. The summed E-state index contributed by atoms with van der Waals surface area (Å²) < 4.78 is 5.20. The van der Waals surface area contributed by atoms with Crippen LogP contribution in [0.3, 0.4) is 0 Å². The van der Waals surface area contributed by atoms with Gasteiger partial charge in [0, 0.05) is 39.3 Å². The molecule has 2 rings (SSSR count). The Bertz CT molecular complexity index is 531. The van der Waals surface area contributed by atoms with Crippen LogP contribution in [0.15, 0.2) is 18.2 Å². The molecule has 1 amide bonds. The number of rotatable bonds is 3. The molecule has 1 heterocycles. The first-order valence-electron chi connectivity index (χ1n) is 6.29. The summed E-state index contributed by atoms with van der Waals surface area (Å²) in [5.74, 6) is 0.760. The van der Waals surface area contributed by atoms with Crippen LogP contribution in [0.5, 0.6) is 5.75 Å². The molecule has 0 aliphatic carbocycles. The molecule has 0 spiro atoms. The Morgan fingerprint density at radius 1 is 1.50 bits per heavy atom. The quantitative estimate of drug-likeness (QED) is 0.607. The normalized spacial score (nSPS) is 18.4. The van der Waals surface area contributed by atoms with E-state index < -0.39 is 5.38 Å². The number of benzene rings is 1. The van der Waals surface area contributed by atoms with Crippen LogP contribution >= 0.6 is 11.6 Å². The molecule has 0 fully saturated rings. The monoisotopic (exact) mass is 367 g/mol. The Hall–Kier alpha value is -0.376. The van der Waals surface area contributed by atoms with E-state index in [2.05, 4.69) is 6.08 Å². The third kappa shape index (κ3) is 3.44. The molecule has 5 heteroatoms. The Morgan fingerprint density at radius 2 is 2.20 bits per heavy atom. The van der Waals surface area contributed by atoms with Crippen LogP contribution in [0, 0.1) is 13.0 Å². The number of carbonyl (C=O) groups excluding carboxylic acids is 1. The maximum Gasteiger partial charge on any atom is 0.241 e. The smallest absolute Gasteiger partial charge is 0.241 e. The molecule has 0 saturated carbocycles. The topological polar surface area (TPSA) is 29.5 Å². The molecule has 0 saturated heterocycles. The maximum atomic E-state index is 12.1. The first-order chi connectivity index (χ1) is 9.08. The molecule has 1 atom stereocenters. The second-order valence-electron chi connectivity index (χ2n) is 4.46. The molecule has 0 aromatic heterocycles. The van der Waals surface area contributed by atoms with Gasteiger partial charge in [0.25, 0.3) is 0 Å². The molecule has 105 valence electrons. The second kappa shape index (κ2) is 7.58. The van der Waals surface area contributed by atoms with Crippen molar-refractivity contribution in [3.05, 3.63) is 35.4 Å².